The summed E-state index contributed by atoms with van der Waals surface area (Å²) >= 11 is 5.97. The largest absolute Gasteiger partial charge is 0.497 e. The van der Waals surface area contributed by atoms with Crippen molar-refractivity contribution in [2.75, 3.05) is 12.4 Å². The van der Waals surface area contributed by atoms with E-state index in [1.54, 1.807) is 60.3 Å². The van der Waals surface area contributed by atoms with Crippen LogP contribution in [-0.2, 0) is 21.3 Å². The van der Waals surface area contributed by atoms with Gasteiger partial charge in [-0.05, 0) is 42.5 Å². The Bertz CT molecular complexity index is 1170. The molecular formula is C19H16ClN3O4S. The minimum atomic E-state index is -3.27. The maximum atomic E-state index is 12.7. The highest BCUT2D eigenvalue weighted by molar-refractivity contribution is 7.90. The van der Waals surface area contributed by atoms with Crippen LogP contribution in [0.4, 0.5) is 5.82 Å². The van der Waals surface area contributed by atoms with E-state index < -0.39 is 15.7 Å². The first-order chi connectivity index (χ1) is 13.4. The Hall–Kier alpha value is -2.84. The molecule has 0 radical (unpaired) electrons. The van der Waals surface area contributed by atoms with Crippen LogP contribution in [0, 0.1) is 0 Å². The Morgan fingerprint density at radius 1 is 1.18 bits per heavy atom. The molecule has 1 aromatic heterocycles. The third kappa shape index (κ3) is 3.48. The highest BCUT2D eigenvalue weighted by Crippen LogP contribution is 2.33. The van der Waals surface area contributed by atoms with Crippen LogP contribution in [0.1, 0.15) is 21.6 Å². The molecule has 0 aliphatic carbocycles. The lowest BCUT2D eigenvalue weighted by Gasteiger charge is -2.12. The summed E-state index contributed by atoms with van der Waals surface area (Å²) < 4.78 is 30.8. The first-order valence-corrected chi connectivity index (χ1v) is 10.6. The zero-order valence-corrected chi connectivity index (χ0v) is 16.4. The molecule has 7 nitrogen and oxygen atoms in total. The van der Waals surface area contributed by atoms with Gasteiger partial charge < -0.3 is 10.1 Å². The molecule has 2 heterocycles. The van der Waals surface area contributed by atoms with Crippen molar-refractivity contribution in [3.8, 4) is 11.4 Å². The van der Waals surface area contributed by atoms with Gasteiger partial charge in [0.05, 0.1) is 30.0 Å². The number of hydrogen-bond donors (Lipinski definition) is 1. The van der Waals surface area contributed by atoms with Crippen LogP contribution in [-0.4, -0.2) is 31.2 Å². The number of sulfone groups is 1. The standard InChI is InChI=1S/C19H16ClN3O4S/c1-27-15-7-5-14(6-8-15)23-18(16-10-28(25,26)11-17(16)22-23)21-19(24)12-3-2-4-13(20)9-12/h2-9H,10-11H2,1H3,(H,21,24). The maximum Gasteiger partial charge on any atom is 0.256 e. The average Bonchev–Trinajstić information content (AvgIpc) is 3.14. The van der Waals surface area contributed by atoms with Crippen LogP contribution in [0.15, 0.2) is 48.5 Å². The monoisotopic (exact) mass is 417 g/mol. The van der Waals surface area contributed by atoms with Gasteiger partial charge in [0.2, 0.25) is 0 Å². The molecule has 1 N–H and O–H groups in total. The van der Waals surface area contributed by atoms with E-state index in [1.807, 2.05) is 0 Å². The smallest absolute Gasteiger partial charge is 0.256 e. The van der Waals surface area contributed by atoms with E-state index >= 15 is 0 Å². The lowest BCUT2D eigenvalue weighted by molar-refractivity contribution is 0.102. The molecule has 0 unspecified atom stereocenters. The molecule has 0 bridgehead atoms. The Morgan fingerprint density at radius 2 is 1.93 bits per heavy atom. The van der Waals surface area contributed by atoms with E-state index in [0.29, 0.717) is 39.1 Å². The molecule has 9 heteroatoms. The molecule has 1 amide bonds. The average molecular weight is 418 g/mol. The van der Waals surface area contributed by atoms with Gasteiger partial charge in [0.25, 0.3) is 5.91 Å². The second kappa shape index (κ2) is 6.96. The van der Waals surface area contributed by atoms with Crippen molar-refractivity contribution in [2.45, 2.75) is 11.5 Å². The van der Waals surface area contributed by atoms with E-state index in [-0.39, 0.29) is 11.5 Å². The summed E-state index contributed by atoms with van der Waals surface area (Å²) in [6, 6.07) is 13.6. The number of anilines is 1. The van der Waals surface area contributed by atoms with Gasteiger partial charge in [-0.15, -0.1) is 0 Å². The zero-order valence-electron chi connectivity index (χ0n) is 14.8. The molecule has 3 aromatic rings. The zero-order chi connectivity index (χ0) is 19.9. The second-order valence-corrected chi connectivity index (χ2v) is 8.88. The molecule has 0 atom stereocenters. The number of ether oxygens (including phenoxy) is 1. The minimum absolute atomic E-state index is 0.147. The first-order valence-electron chi connectivity index (χ1n) is 8.39. The number of benzene rings is 2. The Labute approximate surface area is 166 Å². The van der Waals surface area contributed by atoms with E-state index in [4.69, 9.17) is 16.3 Å². The predicted molar refractivity (Wildman–Crippen MR) is 106 cm³/mol. The number of fused-ring (bicyclic) bond motifs is 1. The summed E-state index contributed by atoms with van der Waals surface area (Å²) in [5, 5.41) is 7.67. The van der Waals surface area contributed by atoms with Gasteiger partial charge in [-0.3, -0.25) is 4.79 Å². The fourth-order valence-corrected chi connectivity index (χ4v) is 4.77. The van der Waals surface area contributed by atoms with Crippen molar-refractivity contribution in [1.82, 2.24) is 9.78 Å². The number of amides is 1. The summed E-state index contributed by atoms with van der Waals surface area (Å²) in [5.74, 6) is 0.306. The molecule has 0 spiro atoms. The van der Waals surface area contributed by atoms with Gasteiger partial charge in [0.1, 0.15) is 11.6 Å². The van der Waals surface area contributed by atoms with Gasteiger partial charge in [-0.1, -0.05) is 17.7 Å². The lowest BCUT2D eigenvalue weighted by Crippen LogP contribution is -2.17. The molecular weight excluding hydrogens is 402 g/mol. The van der Waals surface area contributed by atoms with Gasteiger partial charge in [0.15, 0.2) is 9.84 Å². The highest BCUT2D eigenvalue weighted by atomic mass is 35.5. The number of rotatable bonds is 4. The lowest BCUT2D eigenvalue weighted by atomic mass is 10.2. The quantitative estimate of drug-likeness (QED) is 0.703. The van der Waals surface area contributed by atoms with Crippen molar-refractivity contribution in [3.05, 3.63) is 70.4 Å². The van der Waals surface area contributed by atoms with Crippen LogP contribution in [0.5, 0.6) is 5.75 Å². The van der Waals surface area contributed by atoms with Crippen molar-refractivity contribution < 1.29 is 17.9 Å². The fraction of sp³-hybridized carbons (Fsp3) is 0.158. The molecule has 0 saturated heterocycles. The third-order valence-electron chi connectivity index (χ3n) is 4.42. The Morgan fingerprint density at radius 3 is 2.61 bits per heavy atom. The van der Waals surface area contributed by atoms with Crippen molar-refractivity contribution >= 4 is 33.2 Å². The number of carbonyl (C=O) groups is 1. The molecule has 28 heavy (non-hydrogen) atoms. The Kier molecular flexibility index (Phi) is 4.60. The molecule has 2 aromatic carbocycles. The molecule has 0 saturated carbocycles. The maximum absolute atomic E-state index is 12.7. The fourth-order valence-electron chi connectivity index (χ4n) is 3.09. The topological polar surface area (TPSA) is 90.3 Å². The van der Waals surface area contributed by atoms with Crippen LogP contribution in [0.3, 0.4) is 0 Å². The van der Waals surface area contributed by atoms with Crippen LogP contribution < -0.4 is 10.1 Å². The summed E-state index contributed by atoms with van der Waals surface area (Å²) in [7, 11) is -1.70. The van der Waals surface area contributed by atoms with E-state index in [2.05, 4.69) is 10.4 Å². The predicted octanol–water partition coefficient (Wildman–Crippen LogP) is 3.22. The van der Waals surface area contributed by atoms with Gasteiger partial charge in [-0.2, -0.15) is 5.10 Å². The summed E-state index contributed by atoms with van der Waals surface area (Å²) in [6.45, 7) is 0. The number of methoxy groups -OCH3 is 1. The Balaban J connectivity index is 1.76. The molecule has 1 aliphatic rings. The van der Waals surface area contributed by atoms with E-state index in [1.165, 1.54) is 0 Å². The SMILES string of the molecule is COc1ccc(-n2nc3c(c2NC(=O)c2cccc(Cl)c2)CS(=O)(=O)C3)cc1. The number of nitrogens with zero attached hydrogens (tertiary/aromatic N) is 2. The van der Waals surface area contributed by atoms with Crippen molar-refractivity contribution in [3.63, 3.8) is 0 Å². The number of carbonyl (C=O) groups excluding carboxylic acids is 1. The third-order valence-corrected chi connectivity index (χ3v) is 6.10. The summed E-state index contributed by atoms with van der Waals surface area (Å²) in [6.07, 6.45) is 0. The summed E-state index contributed by atoms with van der Waals surface area (Å²) in [5.41, 5.74) is 1.99. The highest BCUT2D eigenvalue weighted by Gasteiger charge is 2.33. The van der Waals surface area contributed by atoms with Crippen LogP contribution in [0.2, 0.25) is 5.02 Å². The summed E-state index contributed by atoms with van der Waals surface area (Å²) in [4.78, 5) is 12.7. The second-order valence-electron chi connectivity index (χ2n) is 6.38. The molecule has 144 valence electrons. The van der Waals surface area contributed by atoms with Crippen molar-refractivity contribution in [1.29, 1.82) is 0 Å². The molecule has 0 fully saturated rings. The molecule has 1 aliphatic heterocycles. The van der Waals surface area contributed by atoms with Gasteiger partial charge >= 0.3 is 0 Å². The number of nitrogens with one attached hydrogen (secondary N) is 1. The molecule has 4 rings (SSSR count). The first kappa shape index (κ1) is 18.5. The van der Waals surface area contributed by atoms with E-state index in [0.717, 1.165) is 0 Å². The van der Waals surface area contributed by atoms with Crippen LogP contribution in [0.25, 0.3) is 5.69 Å². The number of halogens is 1. The van der Waals surface area contributed by atoms with Gasteiger partial charge in [0, 0.05) is 16.1 Å². The van der Waals surface area contributed by atoms with Gasteiger partial charge in [-0.25, -0.2) is 13.1 Å². The number of aromatic nitrogens is 2. The number of hydrogen-bond acceptors (Lipinski definition) is 5. The van der Waals surface area contributed by atoms with Crippen molar-refractivity contribution in [2.24, 2.45) is 0 Å². The minimum Gasteiger partial charge on any atom is -0.497 e. The van der Waals surface area contributed by atoms with E-state index in [9.17, 15) is 13.2 Å². The van der Waals surface area contributed by atoms with Crippen LogP contribution >= 0.6 is 11.6 Å². The normalized spacial score (nSPS) is 14.5.